The molecule has 3 fully saturated rings. The Morgan fingerprint density at radius 2 is 2.26 bits per heavy atom. The predicted molar refractivity (Wildman–Crippen MR) is 75.8 cm³/mol. The van der Waals surface area contributed by atoms with Gasteiger partial charge in [-0.15, -0.1) is 11.3 Å². The van der Waals surface area contributed by atoms with Gasteiger partial charge in [-0.1, -0.05) is 13.0 Å². The Hall–Kier alpha value is -0.870. The molecule has 2 heterocycles. The van der Waals surface area contributed by atoms with Crippen LogP contribution in [0.5, 0.6) is 0 Å². The normalized spacial score (nSPS) is 36.4. The van der Waals surface area contributed by atoms with Crippen molar-refractivity contribution >= 4 is 17.2 Å². The maximum absolute atomic E-state index is 12.8. The molecule has 3 unspecified atom stereocenters. The lowest BCUT2D eigenvalue weighted by Crippen LogP contribution is -2.39. The first-order chi connectivity index (χ1) is 9.20. The van der Waals surface area contributed by atoms with Gasteiger partial charge in [0.1, 0.15) is 11.7 Å². The van der Waals surface area contributed by atoms with E-state index in [2.05, 4.69) is 34.7 Å². The molecule has 0 aromatic carbocycles. The van der Waals surface area contributed by atoms with E-state index in [4.69, 9.17) is 0 Å². The van der Waals surface area contributed by atoms with Gasteiger partial charge < -0.3 is 4.90 Å². The number of carbonyl (C=O) groups is 1. The van der Waals surface area contributed by atoms with Crippen LogP contribution in [0.2, 0.25) is 0 Å². The minimum Gasteiger partial charge on any atom is -0.317 e. The van der Waals surface area contributed by atoms with Crippen LogP contribution in [0.3, 0.4) is 0 Å². The number of nitrogens with zero attached hydrogens (tertiary/aromatic N) is 1. The van der Waals surface area contributed by atoms with Crippen molar-refractivity contribution in [1.29, 1.82) is 0 Å². The highest BCUT2D eigenvalue weighted by molar-refractivity contribution is 7.10. The average molecular weight is 276 g/mol. The Kier molecular flexibility index (Phi) is 2.55. The smallest absolute Gasteiger partial charge is 0.244 e. The molecule has 1 N–H and O–H groups in total. The van der Waals surface area contributed by atoms with Crippen LogP contribution in [0.4, 0.5) is 0 Å². The van der Waals surface area contributed by atoms with Crippen LogP contribution >= 0.6 is 11.3 Å². The highest BCUT2D eigenvalue weighted by Crippen LogP contribution is 2.49. The molecule has 2 aliphatic carbocycles. The fraction of sp³-hybridized carbons (Fsp3) is 0.667. The summed E-state index contributed by atoms with van der Waals surface area (Å²) < 4.78 is 0. The van der Waals surface area contributed by atoms with Crippen molar-refractivity contribution < 1.29 is 4.79 Å². The highest BCUT2D eigenvalue weighted by atomic mass is 32.1. The molecule has 1 aliphatic heterocycles. The van der Waals surface area contributed by atoms with Crippen LogP contribution < -0.4 is 5.32 Å². The molecule has 3 atom stereocenters. The summed E-state index contributed by atoms with van der Waals surface area (Å²) in [6.45, 7) is 2.31. The average Bonchev–Trinajstić information content (AvgIpc) is 2.79. The molecule has 4 heteroatoms. The minimum atomic E-state index is -0.194. The molecule has 3 nitrogen and oxygen atoms in total. The van der Waals surface area contributed by atoms with Crippen molar-refractivity contribution in [3.8, 4) is 0 Å². The van der Waals surface area contributed by atoms with E-state index in [9.17, 15) is 4.79 Å². The molecule has 1 saturated heterocycles. The number of nitrogens with one attached hydrogen (secondary N) is 1. The number of rotatable bonds is 2. The molecule has 0 bridgehead atoms. The molecule has 102 valence electrons. The highest BCUT2D eigenvalue weighted by Gasteiger charge is 2.61. The Balaban J connectivity index is 1.66. The van der Waals surface area contributed by atoms with Crippen LogP contribution in [-0.2, 0) is 4.79 Å². The van der Waals surface area contributed by atoms with Crippen LogP contribution in [0.1, 0.15) is 50.1 Å². The first-order valence-corrected chi connectivity index (χ1v) is 8.21. The third-order valence-corrected chi connectivity index (χ3v) is 5.88. The predicted octanol–water partition coefficient (Wildman–Crippen LogP) is 2.90. The summed E-state index contributed by atoms with van der Waals surface area (Å²) in [6.07, 6.45) is 5.78. The van der Waals surface area contributed by atoms with E-state index in [1.165, 1.54) is 24.1 Å². The Morgan fingerprint density at radius 1 is 1.42 bits per heavy atom. The maximum Gasteiger partial charge on any atom is 0.244 e. The van der Waals surface area contributed by atoms with E-state index >= 15 is 0 Å². The van der Waals surface area contributed by atoms with Gasteiger partial charge in [0.05, 0.1) is 0 Å². The van der Waals surface area contributed by atoms with Crippen molar-refractivity contribution in [3.05, 3.63) is 22.4 Å². The summed E-state index contributed by atoms with van der Waals surface area (Å²) >= 11 is 1.76. The van der Waals surface area contributed by atoms with Gasteiger partial charge in [-0.2, -0.15) is 0 Å². The van der Waals surface area contributed by atoms with Crippen molar-refractivity contribution in [3.63, 3.8) is 0 Å². The zero-order valence-corrected chi connectivity index (χ0v) is 12.1. The Morgan fingerprint density at radius 3 is 2.84 bits per heavy atom. The van der Waals surface area contributed by atoms with Crippen LogP contribution in [-0.4, -0.2) is 22.4 Å². The molecule has 2 saturated carbocycles. The van der Waals surface area contributed by atoms with E-state index in [0.29, 0.717) is 11.9 Å². The van der Waals surface area contributed by atoms with E-state index in [1.807, 2.05) is 0 Å². The Bertz CT molecular complexity index is 494. The molecule has 0 radical (unpaired) electrons. The largest absolute Gasteiger partial charge is 0.317 e. The molecule has 1 spiro atoms. The third-order valence-electron chi connectivity index (χ3n) is 4.96. The number of hydrogen-bond donors (Lipinski definition) is 1. The molecule has 1 amide bonds. The minimum absolute atomic E-state index is 0.130. The van der Waals surface area contributed by atoms with E-state index in [0.717, 1.165) is 18.8 Å². The van der Waals surface area contributed by atoms with Crippen LogP contribution in [0, 0.1) is 5.92 Å². The molecule has 3 aliphatic rings. The zero-order valence-electron chi connectivity index (χ0n) is 11.3. The second-order valence-electron chi connectivity index (χ2n) is 6.43. The summed E-state index contributed by atoms with van der Waals surface area (Å²) in [6, 6.07) is 4.68. The fourth-order valence-corrected chi connectivity index (χ4v) is 4.47. The van der Waals surface area contributed by atoms with Crippen molar-refractivity contribution in [2.75, 3.05) is 0 Å². The molecule has 1 aromatic heterocycles. The van der Waals surface area contributed by atoms with Gasteiger partial charge in [-0.25, -0.2) is 0 Å². The summed E-state index contributed by atoms with van der Waals surface area (Å²) in [5, 5.41) is 5.73. The number of hydrogen-bond acceptors (Lipinski definition) is 3. The van der Waals surface area contributed by atoms with E-state index in [1.54, 1.807) is 11.3 Å². The maximum atomic E-state index is 12.8. The van der Waals surface area contributed by atoms with Gasteiger partial charge in [0, 0.05) is 10.9 Å². The first kappa shape index (κ1) is 11.9. The topological polar surface area (TPSA) is 32.3 Å². The number of amides is 1. The van der Waals surface area contributed by atoms with Gasteiger partial charge in [0.25, 0.3) is 0 Å². The van der Waals surface area contributed by atoms with Crippen LogP contribution in [0.25, 0.3) is 0 Å². The van der Waals surface area contributed by atoms with Gasteiger partial charge in [0.15, 0.2) is 0 Å². The van der Waals surface area contributed by atoms with E-state index in [-0.39, 0.29) is 11.7 Å². The van der Waals surface area contributed by atoms with E-state index < -0.39 is 0 Å². The van der Waals surface area contributed by atoms with Gasteiger partial charge >= 0.3 is 0 Å². The molecule has 4 rings (SSSR count). The van der Waals surface area contributed by atoms with Crippen molar-refractivity contribution in [1.82, 2.24) is 10.2 Å². The monoisotopic (exact) mass is 276 g/mol. The van der Waals surface area contributed by atoms with Gasteiger partial charge in [-0.3, -0.25) is 10.1 Å². The number of thiophene rings is 1. The SMILES string of the molecule is CC1CCC(N2C(=O)C3(CC3)NC2c2cccs2)C1. The quantitative estimate of drug-likeness (QED) is 0.901. The second kappa shape index (κ2) is 4.06. The molecule has 19 heavy (non-hydrogen) atoms. The van der Waals surface area contributed by atoms with Crippen LogP contribution in [0.15, 0.2) is 17.5 Å². The summed E-state index contributed by atoms with van der Waals surface area (Å²) in [5.74, 6) is 1.13. The molecular formula is C15H20N2OS. The fourth-order valence-electron chi connectivity index (χ4n) is 3.70. The summed E-state index contributed by atoms with van der Waals surface area (Å²) in [7, 11) is 0. The Labute approximate surface area is 118 Å². The second-order valence-corrected chi connectivity index (χ2v) is 7.41. The number of carbonyl (C=O) groups excluding carboxylic acids is 1. The lowest BCUT2D eigenvalue weighted by Gasteiger charge is -2.29. The lowest BCUT2D eigenvalue weighted by molar-refractivity contribution is -0.133. The van der Waals surface area contributed by atoms with Crippen molar-refractivity contribution in [2.45, 2.75) is 56.8 Å². The van der Waals surface area contributed by atoms with Crippen molar-refractivity contribution in [2.24, 2.45) is 5.92 Å². The zero-order chi connectivity index (χ0) is 13.0. The third kappa shape index (κ3) is 1.77. The first-order valence-electron chi connectivity index (χ1n) is 7.33. The summed E-state index contributed by atoms with van der Waals surface area (Å²) in [4.78, 5) is 16.2. The molecule has 1 aromatic rings. The van der Waals surface area contributed by atoms with Gasteiger partial charge in [-0.05, 0) is 49.5 Å². The lowest BCUT2D eigenvalue weighted by atomic mass is 10.1. The summed E-state index contributed by atoms with van der Waals surface area (Å²) in [5.41, 5.74) is -0.194. The standard InChI is InChI=1S/C15H20N2OS/c1-10-4-5-11(9-10)17-13(12-3-2-8-19-12)16-15(6-7-15)14(17)18/h2-3,8,10-11,13,16H,4-7,9H2,1H3. The molecular weight excluding hydrogens is 256 g/mol. The van der Waals surface area contributed by atoms with Gasteiger partial charge in [0.2, 0.25) is 5.91 Å².